The fourth-order valence-electron chi connectivity index (χ4n) is 1.52. The van der Waals surface area contributed by atoms with Gasteiger partial charge in [0.1, 0.15) is 0 Å². The van der Waals surface area contributed by atoms with Crippen molar-refractivity contribution in [3.8, 4) is 0 Å². The molecular weight excluding hydrogens is 878 g/mol. The summed E-state index contributed by atoms with van der Waals surface area (Å²) >= 11 is -10.6. The molecule has 1 aliphatic rings. The van der Waals surface area contributed by atoms with Crippen LogP contribution in [0.15, 0.2) is 0 Å². The van der Waals surface area contributed by atoms with Crippen LogP contribution in [0, 0.1) is 0 Å². The SMILES string of the molecule is CC(C)[O][Pb]1[O][Pb]([O]C(C)C)[O][Pb]([O]C(C)C)([O]C(C)C)[O]1. The van der Waals surface area contributed by atoms with Crippen LogP contribution in [0.25, 0.3) is 0 Å². The summed E-state index contributed by atoms with van der Waals surface area (Å²) in [6, 6.07) is 0. The number of hydrogen-bond acceptors (Lipinski definition) is 7. The van der Waals surface area contributed by atoms with Gasteiger partial charge < -0.3 is 0 Å². The minimum absolute atomic E-state index is 0.0310. The van der Waals surface area contributed by atoms with Crippen LogP contribution in [-0.4, -0.2) is 95.5 Å². The van der Waals surface area contributed by atoms with Gasteiger partial charge in [-0.2, -0.15) is 0 Å². The van der Waals surface area contributed by atoms with E-state index in [-0.39, 0.29) is 24.4 Å². The molecule has 0 amide bonds. The minimum atomic E-state index is -4.28. The quantitative estimate of drug-likeness (QED) is 0.347. The molecule has 0 aliphatic carbocycles. The Labute approximate surface area is 161 Å². The van der Waals surface area contributed by atoms with E-state index in [0.29, 0.717) is 0 Å². The molecule has 0 N–H and O–H groups in total. The Bertz CT molecular complexity index is 298. The van der Waals surface area contributed by atoms with Crippen LogP contribution in [-0.2, 0) is 12.7 Å². The standard InChI is InChI=1S/4C3H7O.3O.3Pb/c4*1-3(2)4;;;;;;/h4*3H,1-2H3;;;;;;/q4*-1;;;;2*+1;+2. The van der Waals surface area contributed by atoms with E-state index in [1.165, 1.54) is 0 Å². The van der Waals surface area contributed by atoms with E-state index in [1.54, 1.807) is 0 Å². The zero-order valence-corrected chi connectivity index (χ0v) is 26.3. The van der Waals surface area contributed by atoms with Crippen LogP contribution in [0.5, 0.6) is 0 Å². The molecule has 0 unspecified atom stereocenters. The molecule has 22 heavy (non-hydrogen) atoms. The Kier molecular flexibility index (Phi) is 10.8. The molecule has 1 saturated heterocycles. The first-order valence-electron chi connectivity index (χ1n) is 7.60. The molecule has 0 aromatic rings. The molecule has 1 fully saturated rings. The van der Waals surface area contributed by atoms with Crippen molar-refractivity contribution >= 4 is 71.1 Å². The summed E-state index contributed by atoms with van der Waals surface area (Å²) in [5, 5.41) is 0. The zero-order valence-electron chi connectivity index (χ0n) is 14.7. The number of hydrogen-bond donors (Lipinski definition) is 0. The second-order valence-corrected chi connectivity index (χ2v) is 40.7. The number of rotatable bonds is 8. The first-order valence-corrected chi connectivity index (χ1v) is 23.5. The van der Waals surface area contributed by atoms with E-state index in [1.807, 2.05) is 55.4 Å². The van der Waals surface area contributed by atoms with Crippen molar-refractivity contribution in [1.82, 2.24) is 0 Å². The molecule has 1 rings (SSSR count). The van der Waals surface area contributed by atoms with Gasteiger partial charge in [-0.1, -0.05) is 0 Å². The third-order valence-electron chi connectivity index (χ3n) is 2.01. The molecule has 10 heteroatoms. The fraction of sp³-hybridized carbons (Fsp3) is 1.00. The summed E-state index contributed by atoms with van der Waals surface area (Å²) in [6.45, 7) is 15.7. The van der Waals surface area contributed by atoms with Crippen molar-refractivity contribution in [1.29, 1.82) is 0 Å². The summed E-state index contributed by atoms with van der Waals surface area (Å²) in [6.07, 6.45) is 0.0417. The first kappa shape index (κ1) is 22.5. The van der Waals surface area contributed by atoms with Gasteiger partial charge in [-0.25, -0.2) is 0 Å². The van der Waals surface area contributed by atoms with Gasteiger partial charge in [0, 0.05) is 0 Å². The summed E-state index contributed by atoms with van der Waals surface area (Å²) in [4.78, 5) is 0. The van der Waals surface area contributed by atoms with Crippen molar-refractivity contribution in [2.75, 3.05) is 0 Å². The van der Waals surface area contributed by atoms with Gasteiger partial charge >= 0.3 is 164 Å². The second kappa shape index (κ2) is 10.6. The molecule has 1 heterocycles. The van der Waals surface area contributed by atoms with Gasteiger partial charge in [0.15, 0.2) is 0 Å². The van der Waals surface area contributed by atoms with Crippen molar-refractivity contribution in [3.63, 3.8) is 0 Å². The molecule has 2 radical (unpaired) electrons. The topological polar surface area (TPSA) is 64.6 Å². The van der Waals surface area contributed by atoms with E-state index in [2.05, 4.69) is 0 Å². The molecule has 0 aromatic heterocycles. The van der Waals surface area contributed by atoms with Crippen LogP contribution in [0.2, 0.25) is 0 Å². The third-order valence-corrected chi connectivity index (χ3v) is 57.4. The second-order valence-electron chi connectivity index (χ2n) is 5.97. The molecular formula is C12H28O7Pb3. The molecule has 0 aromatic carbocycles. The van der Waals surface area contributed by atoms with Crippen LogP contribution in [0.1, 0.15) is 55.4 Å². The van der Waals surface area contributed by atoms with Gasteiger partial charge in [-0.15, -0.1) is 0 Å². The predicted molar refractivity (Wildman–Crippen MR) is 85.4 cm³/mol. The molecule has 0 saturated carbocycles. The third kappa shape index (κ3) is 8.73. The zero-order chi connectivity index (χ0) is 16.9. The van der Waals surface area contributed by atoms with Gasteiger partial charge in [0.05, 0.1) is 0 Å². The van der Waals surface area contributed by atoms with Crippen molar-refractivity contribution in [2.45, 2.75) is 79.8 Å². The maximum absolute atomic E-state index is 6.12. The maximum atomic E-state index is 6.12. The summed E-state index contributed by atoms with van der Waals surface area (Å²) < 4.78 is 42.0. The Balaban J connectivity index is 2.93. The first-order chi connectivity index (χ1) is 10.1. The van der Waals surface area contributed by atoms with Crippen molar-refractivity contribution in [2.24, 2.45) is 0 Å². The van der Waals surface area contributed by atoms with Crippen LogP contribution >= 0.6 is 0 Å². The Morgan fingerprint density at radius 2 is 1.00 bits per heavy atom. The average molecular weight is 906 g/mol. The van der Waals surface area contributed by atoms with Gasteiger partial charge in [0.2, 0.25) is 0 Å². The monoisotopic (exact) mass is 908 g/mol. The van der Waals surface area contributed by atoms with Crippen LogP contribution in [0.4, 0.5) is 0 Å². The molecule has 7 nitrogen and oxygen atoms in total. The van der Waals surface area contributed by atoms with E-state index in [4.69, 9.17) is 12.7 Å². The molecule has 130 valence electrons. The predicted octanol–water partition coefficient (Wildman–Crippen LogP) is 2.16. The van der Waals surface area contributed by atoms with Crippen LogP contribution in [0.3, 0.4) is 0 Å². The van der Waals surface area contributed by atoms with Crippen molar-refractivity contribution < 1.29 is 12.7 Å². The Morgan fingerprint density at radius 3 is 1.27 bits per heavy atom. The van der Waals surface area contributed by atoms with Gasteiger partial charge in [-0.05, 0) is 0 Å². The Morgan fingerprint density at radius 1 is 0.636 bits per heavy atom. The normalized spacial score (nSPS) is 20.7. The average Bonchev–Trinajstić information content (AvgIpc) is 2.22. The Hall–Kier alpha value is 2.49. The van der Waals surface area contributed by atoms with Crippen LogP contribution < -0.4 is 0 Å². The van der Waals surface area contributed by atoms with E-state index in [0.717, 1.165) is 0 Å². The summed E-state index contributed by atoms with van der Waals surface area (Å²) in [5.74, 6) is 0. The van der Waals surface area contributed by atoms with Crippen molar-refractivity contribution in [3.05, 3.63) is 0 Å². The molecule has 0 bridgehead atoms. The molecule has 0 atom stereocenters. The van der Waals surface area contributed by atoms with Gasteiger partial charge in [0.25, 0.3) is 0 Å². The van der Waals surface area contributed by atoms with Gasteiger partial charge in [-0.3, -0.25) is 0 Å². The molecule has 1 aliphatic heterocycles. The summed E-state index contributed by atoms with van der Waals surface area (Å²) in [5.41, 5.74) is 0. The fourth-order valence-corrected chi connectivity index (χ4v) is 86.7. The summed E-state index contributed by atoms with van der Waals surface area (Å²) in [7, 11) is 0. The van der Waals surface area contributed by atoms with E-state index in [9.17, 15) is 0 Å². The van der Waals surface area contributed by atoms with E-state index >= 15 is 0 Å². The van der Waals surface area contributed by atoms with E-state index < -0.39 is 71.1 Å². The molecule has 0 spiro atoms.